The summed E-state index contributed by atoms with van der Waals surface area (Å²) < 4.78 is 12.0. The fourth-order valence-electron chi connectivity index (χ4n) is 5.93. The number of rotatable bonds is 2. The fraction of sp³-hybridized carbons (Fsp3) is 0.579. The van der Waals surface area contributed by atoms with E-state index in [4.69, 9.17) is 20.9 Å². The smallest absolute Gasteiger partial charge is 0.211 e. The second kappa shape index (κ2) is 5.36. The third-order valence-electron chi connectivity index (χ3n) is 7.04. The lowest BCUT2D eigenvalue weighted by molar-refractivity contribution is -0.160. The second-order valence-electron chi connectivity index (χ2n) is 8.09. The van der Waals surface area contributed by atoms with Crippen LogP contribution in [0.15, 0.2) is 22.3 Å². The van der Waals surface area contributed by atoms with Crippen molar-refractivity contribution in [3.8, 4) is 11.5 Å². The van der Waals surface area contributed by atoms with Gasteiger partial charge >= 0.3 is 0 Å². The van der Waals surface area contributed by atoms with E-state index < -0.39 is 11.0 Å². The summed E-state index contributed by atoms with van der Waals surface area (Å²) in [5.41, 5.74) is 12.6. The van der Waals surface area contributed by atoms with Crippen LogP contribution in [0.2, 0.25) is 0 Å². The van der Waals surface area contributed by atoms with Crippen LogP contribution < -0.4 is 20.9 Å². The number of piperidine rings is 1. The third kappa shape index (κ3) is 1.89. The van der Waals surface area contributed by atoms with Gasteiger partial charge in [0.25, 0.3) is 0 Å². The summed E-state index contributed by atoms with van der Waals surface area (Å²) in [6, 6.07) is 4.11. The zero-order chi connectivity index (χ0) is 19.0. The first kappa shape index (κ1) is 16.8. The highest BCUT2D eigenvalue weighted by Crippen LogP contribution is 2.64. The molecule has 0 amide bonds. The van der Waals surface area contributed by atoms with Gasteiger partial charge in [-0.05, 0) is 50.9 Å². The largest absolute Gasteiger partial charge is 0.493 e. The van der Waals surface area contributed by atoms with Crippen LogP contribution in [-0.2, 0) is 11.8 Å². The molecule has 4 aliphatic rings. The number of aliphatic hydroxyl groups is 1. The van der Waals surface area contributed by atoms with Crippen molar-refractivity contribution < 1.29 is 14.6 Å². The number of likely N-dealkylation sites (tertiary alicyclic amines) is 1. The van der Waals surface area contributed by atoms with E-state index in [1.165, 1.54) is 5.56 Å². The Morgan fingerprint density at radius 1 is 1.37 bits per heavy atom. The minimum absolute atomic E-state index is 0.0498. The van der Waals surface area contributed by atoms with Gasteiger partial charge < -0.3 is 30.9 Å². The average Bonchev–Trinajstić information content (AvgIpc) is 2.99. The van der Waals surface area contributed by atoms with Crippen LogP contribution in [0.1, 0.15) is 30.4 Å². The van der Waals surface area contributed by atoms with Gasteiger partial charge in [-0.3, -0.25) is 0 Å². The van der Waals surface area contributed by atoms with Gasteiger partial charge in [0.1, 0.15) is 0 Å². The molecule has 2 heterocycles. The maximum atomic E-state index is 12.0. The van der Waals surface area contributed by atoms with Crippen molar-refractivity contribution >= 4 is 11.7 Å². The summed E-state index contributed by atoms with van der Waals surface area (Å²) in [5, 5.41) is 20.2. The van der Waals surface area contributed by atoms with Gasteiger partial charge in [0.05, 0.1) is 23.8 Å². The Labute approximate surface area is 157 Å². The minimum Gasteiger partial charge on any atom is -0.493 e. The summed E-state index contributed by atoms with van der Waals surface area (Å²) in [6.07, 6.45) is 2.40. The summed E-state index contributed by atoms with van der Waals surface area (Å²) in [6.45, 7) is 0.887. The maximum absolute atomic E-state index is 12.0. The van der Waals surface area contributed by atoms with Gasteiger partial charge in [-0.25, -0.2) is 0 Å². The number of guanidine groups is 1. The molecule has 8 nitrogen and oxygen atoms in total. The van der Waals surface area contributed by atoms with Crippen LogP contribution in [0.4, 0.5) is 0 Å². The molecule has 1 saturated heterocycles. The lowest BCUT2D eigenvalue weighted by Crippen LogP contribution is -2.76. The SMILES string of the molecule is COc1ccc2c3c1O[C@H]1/C(=N/N=C(N)N)CC[C@@]4(O)[C@@H](C2)N(C)CC[C@]314. The summed E-state index contributed by atoms with van der Waals surface area (Å²) in [7, 11) is 3.74. The van der Waals surface area contributed by atoms with Gasteiger partial charge in [0.15, 0.2) is 17.6 Å². The zero-order valence-corrected chi connectivity index (χ0v) is 15.6. The summed E-state index contributed by atoms with van der Waals surface area (Å²) in [5.74, 6) is 1.35. The average molecular weight is 371 g/mol. The van der Waals surface area contributed by atoms with E-state index in [0.717, 1.165) is 36.4 Å². The number of hydrogen-bond donors (Lipinski definition) is 3. The molecule has 0 aromatic heterocycles. The van der Waals surface area contributed by atoms with Gasteiger partial charge in [0, 0.05) is 11.6 Å². The first-order valence-corrected chi connectivity index (χ1v) is 9.37. The Kier molecular flexibility index (Phi) is 3.34. The van der Waals surface area contributed by atoms with E-state index in [0.29, 0.717) is 18.6 Å². The molecule has 1 aromatic rings. The van der Waals surface area contributed by atoms with E-state index >= 15 is 0 Å². The zero-order valence-electron chi connectivity index (χ0n) is 15.6. The quantitative estimate of drug-likeness (QED) is 0.386. The predicted molar refractivity (Wildman–Crippen MR) is 101 cm³/mol. The van der Waals surface area contributed by atoms with Crippen LogP contribution in [-0.4, -0.2) is 60.1 Å². The molecule has 1 aromatic carbocycles. The lowest BCUT2D eigenvalue weighted by Gasteiger charge is -2.62. The molecule has 2 bridgehead atoms. The first-order valence-electron chi connectivity index (χ1n) is 9.37. The molecular weight excluding hydrogens is 346 g/mol. The van der Waals surface area contributed by atoms with E-state index in [1.54, 1.807) is 7.11 Å². The molecule has 2 aliphatic heterocycles. The topological polar surface area (TPSA) is 119 Å². The van der Waals surface area contributed by atoms with E-state index in [2.05, 4.69) is 28.2 Å². The van der Waals surface area contributed by atoms with Crippen LogP contribution in [0.25, 0.3) is 0 Å². The van der Waals surface area contributed by atoms with Gasteiger partial charge in [-0.1, -0.05) is 6.07 Å². The van der Waals surface area contributed by atoms with Crippen LogP contribution in [0.3, 0.4) is 0 Å². The Balaban J connectivity index is 1.78. The monoisotopic (exact) mass is 371 g/mol. The normalized spacial score (nSPS) is 37.5. The number of likely N-dealkylation sites (N-methyl/N-ethyl adjacent to an activating group) is 1. The molecule has 1 saturated carbocycles. The fourth-order valence-corrected chi connectivity index (χ4v) is 5.93. The van der Waals surface area contributed by atoms with Crippen LogP contribution in [0.5, 0.6) is 11.5 Å². The van der Waals surface area contributed by atoms with Crippen molar-refractivity contribution in [1.82, 2.24) is 4.90 Å². The molecule has 0 unspecified atom stereocenters. The number of ether oxygens (including phenoxy) is 2. The molecule has 2 aliphatic carbocycles. The Morgan fingerprint density at radius 3 is 2.93 bits per heavy atom. The molecule has 2 fully saturated rings. The van der Waals surface area contributed by atoms with Gasteiger partial charge in [0.2, 0.25) is 5.96 Å². The Bertz CT molecular complexity index is 880. The van der Waals surface area contributed by atoms with Crippen LogP contribution >= 0.6 is 0 Å². The molecule has 8 heteroatoms. The summed E-state index contributed by atoms with van der Waals surface area (Å²) in [4.78, 5) is 2.28. The number of benzene rings is 1. The number of nitrogens with two attached hydrogens (primary N) is 2. The highest BCUT2D eigenvalue weighted by atomic mass is 16.5. The maximum Gasteiger partial charge on any atom is 0.211 e. The minimum atomic E-state index is -0.883. The molecular formula is C19H25N5O3. The van der Waals surface area contributed by atoms with Gasteiger partial charge in [-0.15, -0.1) is 5.10 Å². The predicted octanol–water partition coefficient (Wildman–Crippen LogP) is 0.109. The molecule has 5 N–H and O–H groups in total. The number of hydrogen-bond acceptors (Lipinski definition) is 6. The van der Waals surface area contributed by atoms with E-state index in [1.807, 2.05) is 6.07 Å². The van der Waals surface area contributed by atoms with Crippen molar-refractivity contribution in [1.29, 1.82) is 0 Å². The molecule has 144 valence electrons. The van der Waals surface area contributed by atoms with Crippen molar-refractivity contribution in [3.63, 3.8) is 0 Å². The first-order chi connectivity index (χ1) is 12.9. The van der Waals surface area contributed by atoms with Crippen molar-refractivity contribution in [3.05, 3.63) is 23.3 Å². The molecule has 1 spiro atoms. The molecule has 4 atom stereocenters. The third-order valence-corrected chi connectivity index (χ3v) is 7.04. The second-order valence-corrected chi connectivity index (χ2v) is 8.09. The number of nitrogens with zero attached hydrogens (tertiary/aromatic N) is 3. The van der Waals surface area contributed by atoms with Crippen molar-refractivity contribution in [2.75, 3.05) is 20.7 Å². The number of methoxy groups -OCH3 is 1. The van der Waals surface area contributed by atoms with E-state index in [-0.39, 0.29) is 18.1 Å². The van der Waals surface area contributed by atoms with E-state index in [9.17, 15) is 5.11 Å². The standard InChI is InChI=1S/C19H25N5O3/c1-24-8-7-18-14-10-3-4-12(26-2)15(14)27-16(18)11(22-23-17(20)21)5-6-19(18,25)13(24)9-10/h3-4,13,16,25H,5-9H2,1-2H3,(H4,20,21,23)/b22-11+/t13-,16+,18+,19-/m1/s1. The van der Waals surface area contributed by atoms with Crippen molar-refractivity contribution in [2.45, 2.75) is 48.8 Å². The van der Waals surface area contributed by atoms with Gasteiger partial charge in [-0.2, -0.15) is 5.10 Å². The van der Waals surface area contributed by atoms with Crippen molar-refractivity contribution in [2.24, 2.45) is 21.7 Å². The highest BCUT2D eigenvalue weighted by Gasteiger charge is 2.72. The summed E-state index contributed by atoms with van der Waals surface area (Å²) >= 11 is 0. The molecule has 27 heavy (non-hydrogen) atoms. The van der Waals surface area contributed by atoms with Crippen LogP contribution in [0, 0.1) is 0 Å². The Morgan fingerprint density at radius 2 is 2.19 bits per heavy atom. The highest BCUT2D eigenvalue weighted by molar-refractivity contribution is 5.95. The molecule has 0 radical (unpaired) electrons. The molecule has 5 rings (SSSR count). The Hall–Kier alpha value is -2.32. The lowest BCUT2D eigenvalue weighted by atomic mass is 9.49.